The van der Waals surface area contributed by atoms with Gasteiger partial charge in [-0.05, 0) is 12.5 Å². The van der Waals surface area contributed by atoms with E-state index in [4.69, 9.17) is 0 Å². The summed E-state index contributed by atoms with van der Waals surface area (Å²) in [6, 6.07) is 10.3. The molecule has 2 aromatic heterocycles. The summed E-state index contributed by atoms with van der Waals surface area (Å²) in [5.41, 5.74) is 2.34. The fourth-order valence-electron chi connectivity index (χ4n) is 2.75. The second-order valence-electron chi connectivity index (χ2n) is 6.19. The molecule has 1 N–H and O–H groups in total. The first kappa shape index (κ1) is 17.3. The highest BCUT2D eigenvalue weighted by Crippen LogP contribution is 2.10. The topological polar surface area (TPSA) is 72.0 Å². The van der Waals surface area contributed by atoms with E-state index >= 15 is 0 Å². The SMILES string of the molecule is Cc1nnc(CN(CCO)Cc2cnn(Cc3ccccc3)c2)n1C. The van der Waals surface area contributed by atoms with Crippen LogP contribution in [-0.4, -0.2) is 47.7 Å². The zero-order valence-corrected chi connectivity index (χ0v) is 14.7. The van der Waals surface area contributed by atoms with Gasteiger partial charge in [0.2, 0.25) is 0 Å². The fraction of sp³-hybridized carbons (Fsp3) is 0.389. The van der Waals surface area contributed by atoms with Gasteiger partial charge in [0.1, 0.15) is 11.6 Å². The average molecular weight is 340 g/mol. The number of rotatable bonds is 8. The Hall–Kier alpha value is -2.51. The minimum Gasteiger partial charge on any atom is -0.395 e. The summed E-state index contributed by atoms with van der Waals surface area (Å²) in [7, 11) is 1.96. The van der Waals surface area contributed by atoms with Gasteiger partial charge in [-0.25, -0.2) is 0 Å². The van der Waals surface area contributed by atoms with Crippen molar-refractivity contribution >= 4 is 0 Å². The predicted octanol–water partition coefficient (Wildman–Crippen LogP) is 1.36. The van der Waals surface area contributed by atoms with Crippen LogP contribution in [0.25, 0.3) is 0 Å². The third-order valence-electron chi connectivity index (χ3n) is 4.24. The molecule has 0 aliphatic carbocycles. The lowest BCUT2D eigenvalue weighted by Gasteiger charge is -2.19. The summed E-state index contributed by atoms with van der Waals surface area (Å²) in [4.78, 5) is 2.15. The molecule has 0 bridgehead atoms. The molecule has 0 fully saturated rings. The maximum absolute atomic E-state index is 9.36. The summed E-state index contributed by atoms with van der Waals surface area (Å²) in [6.07, 6.45) is 3.94. The Bertz CT molecular complexity index is 795. The van der Waals surface area contributed by atoms with Gasteiger partial charge in [-0.3, -0.25) is 9.58 Å². The van der Waals surface area contributed by atoms with Gasteiger partial charge < -0.3 is 9.67 Å². The van der Waals surface area contributed by atoms with Gasteiger partial charge >= 0.3 is 0 Å². The third-order valence-corrected chi connectivity index (χ3v) is 4.24. The Morgan fingerprint density at radius 3 is 2.56 bits per heavy atom. The van der Waals surface area contributed by atoms with Gasteiger partial charge in [-0.15, -0.1) is 10.2 Å². The van der Waals surface area contributed by atoms with Crippen molar-refractivity contribution in [2.75, 3.05) is 13.2 Å². The first-order chi connectivity index (χ1) is 12.2. The lowest BCUT2D eigenvalue weighted by atomic mass is 10.2. The van der Waals surface area contributed by atoms with Crippen LogP contribution in [0.2, 0.25) is 0 Å². The van der Waals surface area contributed by atoms with Crippen LogP contribution in [0.4, 0.5) is 0 Å². The lowest BCUT2D eigenvalue weighted by molar-refractivity contribution is 0.180. The maximum atomic E-state index is 9.36. The van der Waals surface area contributed by atoms with Crippen molar-refractivity contribution in [1.29, 1.82) is 0 Å². The number of aryl methyl sites for hydroxylation is 1. The van der Waals surface area contributed by atoms with E-state index in [1.165, 1.54) is 5.56 Å². The number of nitrogens with zero attached hydrogens (tertiary/aromatic N) is 6. The molecule has 3 rings (SSSR count). The standard InChI is InChI=1S/C18H24N6O/c1-15-20-21-18(22(15)2)14-23(8-9-25)11-17-10-19-24(13-17)12-16-6-4-3-5-7-16/h3-7,10,13,25H,8-9,11-12,14H2,1-2H3. The third kappa shape index (κ3) is 4.52. The maximum Gasteiger partial charge on any atom is 0.146 e. The summed E-state index contributed by atoms with van der Waals surface area (Å²) in [5.74, 6) is 1.78. The number of benzene rings is 1. The van der Waals surface area contributed by atoms with Gasteiger partial charge in [0.05, 0.1) is 25.9 Å². The van der Waals surface area contributed by atoms with Crippen LogP contribution >= 0.6 is 0 Å². The van der Waals surface area contributed by atoms with Crippen LogP contribution in [0.1, 0.15) is 22.8 Å². The number of hydrogen-bond donors (Lipinski definition) is 1. The Balaban J connectivity index is 1.65. The molecule has 25 heavy (non-hydrogen) atoms. The molecule has 0 spiro atoms. The molecule has 0 amide bonds. The number of aliphatic hydroxyl groups excluding tert-OH is 1. The number of aliphatic hydroxyl groups is 1. The molecule has 7 nitrogen and oxygen atoms in total. The van der Waals surface area contributed by atoms with Crippen LogP contribution in [0.15, 0.2) is 42.7 Å². The van der Waals surface area contributed by atoms with Crippen LogP contribution in [0.5, 0.6) is 0 Å². The molecular formula is C18H24N6O. The highest BCUT2D eigenvalue weighted by molar-refractivity contribution is 5.15. The fourth-order valence-corrected chi connectivity index (χ4v) is 2.75. The number of hydrogen-bond acceptors (Lipinski definition) is 5. The van der Waals surface area contributed by atoms with Gasteiger partial charge in [-0.1, -0.05) is 30.3 Å². The van der Waals surface area contributed by atoms with Crippen molar-refractivity contribution < 1.29 is 5.11 Å². The minimum atomic E-state index is 0.106. The molecule has 0 unspecified atom stereocenters. The zero-order valence-electron chi connectivity index (χ0n) is 14.7. The molecule has 0 atom stereocenters. The summed E-state index contributed by atoms with van der Waals surface area (Å²) < 4.78 is 3.91. The Kier molecular flexibility index (Phi) is 5.57. The van der Waals surface area contributed by atoms with Gasteiger partial charge in [0.15, 0.2) is 0 Å². The van der Waals surface area contributed by atoms with Gasteiger partial charge in [0.25, 0.3) is 0 Å². The highest BCUT2D eigenvalue weighted by Gasteiger charge is 2.13. The molecule has 132 valence electrons. The molecule has 0 saturated carbocycles. The second kappa shape index (κ2) is 8.04. The van der Waals surface area contributed by atoms with Crippen molar-refractivity contribution in [2.24, 2.45) is 7.05 Å². The van der Waals surface area contributed by atoms with Crippen LogP contribution in [0, 0.1) is 6.92 Å². The van der Waals surface area contributed by atoms with E-state index in [0.29, 0.717) is 19.6 Å². The van der Waals surface area contributed by atoms with Crippen LogP contribution < -0.4 is 0 Å². The van der Waals surface area contributed by atoms with E-state index in [2.05, 4.69) is 38.5 Å². The molecule has 0 aliphatic rings. The summed E-state index contributed by atoms with van der Waals surface area (Å²) >= 11 is 0. The van der Waals surface area contributed by atoms with Crippen LogP contribution in [-0.2, 0) is 26.7 Å². The highest BCUT2D eigenvalue weighted by atomic mass is 16.3. The second-order valence-corrected chi connectivity index (χ2v) is 6.19. The van der Waals surface area contributed by atoms with E-state index in [1.807, 2.05) is 47.6 Å². The Morgan fingerprint density at radius 1 is 1.08 bits per heavy atom. The van der Waals surface area contributed by atoms with E-state index in [-0.39, 0.29) is 6.61 Å². The average Bonchev–Trinajstić information content (AvgIpc) is 3.17. The quantitative estimate of drug-likeness (QED) is 0.670. The lowest BCUT2D eigenvalue weighted by Crippen LogP contribution is -2.27. The Labute approximate surface area is 147 Å². The van der Waals surface area contributed by atoms with E-state index in [9.17, 15) is 5.11 Å². The van der Waals surface area contributed by atoms with Crippen LogP contribution in [0.3, 0.4) is 0 Å². The molecule has 0 aliphatic heterocycles. The molecular weight excluding hydrogens is 316 g/mol. The molecule has 0 radical (unpaired) electrons. The van der Waals surface area contributed by atoms with Crippen molar-refractivity contribution in [3.8, 4) is 0 Å². The van der Waals surface area contributed by atoms with E-state index in [1.54, 1.807) is 0 Å². The van der Waals surface area contributed by atoms with Gasteiger partial charge in [-0.2, -0.15) is 5.10 Å². The van der Waals surface area contributed by atoms with Crippen molar-refractivity contribution in [3.05, 3.63) is 65.5 Å². The largest absolute Gasteiger partial charge is 0.395 e. The smallest absolute Gasteiger partial charge is 0.146 e. The molecule has 3 aromatic rings. The molecule has 7 heteroatoms. The van der Waals surface area contributed by atoms with Crippen molar-refractivity contribution in [1.82, 2.24) is 29.4 Å². The van der Waals surface area contributed by atoms with Gasteiger partial charge in [0, 0.05) is 31.9 Å². The summed E-state index contributed by atoms with van der Waals surface area (Å²) in [6.45, 7) is 4.72. The minimum absolute atomic E-state index is 0.106. The molecule has 0 saturated heterocycles. The summed E-state index contributed by atoms with van der Waals surface area (Å²) in [5, 5.41) is 22.1. The first-order valence-electron chi connectivity index (χ1n) is 8.39. The molecule has 1 aromatic carbocycles. The first-order valence-corrected chi connectivity index (χ1v) is 8.39. The molecule has 2 heterocycles. The predicted molar refractivity (Wildman–Crippen MR) is 94.7 cm³/mol. The monoisotopic (exact) mass is 340 g/mol. The zero-order chi connectivity index (χ0) is 17.6. The normalized spacial score (nSPS) is 11.4. The number of aromatic nitrogens is 5. The van der Waals surface area contributed by atoms with Crippen molar-refractivity contribution in [2.45, 2.75) is 26.6 Å². The van der Waals surface area contributed by atoms with E-state index in [0.717, 1.165) is 23.8 Å². The van der Waals surface area contributed by atoms with Crippen molar-refractivity contribution in [3.63, 3.8) is 0 Å². The Morgan fingerprint density at radius 2 is 1.88 bits per heavy atom. The van der Waals surface area contributed by atoms with E-state index < -0.39 is 0 Å².